The van der Waals surface area contributed by atoms with Crippen LogP contribution >= 0.6 is 0 Å². The second-order valence-corrected chi connectivity index (χ2v) is 6.53. The van der Waals surface area contributed by atoms with E-state index >= 15 is 0 Å². The molecule has 0 aliphatic carbocycles. The molecular weight excluding hydrogens is 306 g/mol. The van der Waals surface area contributed by atoms with Gasteiger partial charge in [0.2, 0.25) is 5.91 Å². The lowest BCUT2D eigenvalue weighted by molar-refractivity contribution is -0.125. The highest BCUT2D eigenvalue weighted by molar-refractivity contribution is 5.84. The molecule has 1 amide bonds. The molecule has 1 aliphatic heterocycles. The third-order valence-electron chi connectivity index (χ3n) is 4.38. The molecule has 0 spiro atoms. The van der Waals surface area contributed by atoms with Gasteiger partial charge in [0.25, 0.3) is 0 Å². The molecule has 2 aromatic heterocycles. The van der Waals surface area contributed by atoms with Crippen molar-refractivity contribution in [2.75, 3.05) is 45.2 Å². The molecular formula is C16H25N7O. The molecule has 1 atom stereocenters. The van der Waals surface area contributed by atoms with E-state index in [1.807, 2.05) is 14.1 Å². The minimum Gasteiger partial charge on any atom is -0.356 e. The fourth-order valence-corrected chi connectivity index (χ4v) is 3.13. The Morgan fingerprint density at radius 2 is 2.29 bits per heavy atom. The first kappa shape index (κ1) is 16.6. The fourth-order valence-electron chi connectivity index (χ4n) is 3.13. The van der Waals surface area contributed by atoms with Gasteiger partial charge in [-0.05, 0) is 39.9 Å². The molecule has 0 bridgehead atoms. The van der Waals surface area contributed by atoms with Crippen molar-refractivity contribution in [2.45, 2.75) is 19.3 Å². The standard InChI is InChI=1S/C16H25N7O/c1-22(2)7-4-6-17-16(24)12-5-3-8-23(9-12)15-13-14(19-10-18-13)20-11-21-15/h10-12H,3-9H2,1-2H3,(H,17,24)(H,18,19,20,21)/t12-/m0/s1. The Hall–Kier alpha value is -2.22. The molecule has 1 fully saturated rings. The maximum atomic E-state index is 12.4. The number of nitrogens with zero attached hydrogens (tertiary/aromatic N) is 5. The highest BCUT2D eigenvalue weighted by Crippen LogP contribution is 2.25. The van der Waals surface area contributed by atoms with Crippen LogP contribution < -0.4 is 10.2 Å². The number of rotatable bonds is 6. The zero-order valence-electron chi connectivity index (χ0n) is 14.3. The van der Waals surface area contributed by atoms with Gasteiger partial charge in [0.05, 0.1) is 12.2 Å². The van der Waals surface area contributed by atoms with Crippen LogP contribution in [0, 0.1) is 5.92 Å². The summed E-state index contributed by atoms with van der Waals surface area (Å²) in [6.07, 6.45) is 6.03. The van der Waals surface area contributed by atoms with Gasteiger partial charge in [-0.1, -0.05) is 0 Å². The predicted octanol–water partition coefficient (Wildman–Crippen LogP) is 0.637. The predicted molar refractivity (Wildman–Crippen MR) is 92.8 cm³/mol. The molecule has 8 nitrogen and oxygen atoms in total. The smallest absolute Gasteiger partial charge is 0.224 e. The fraction of sp³-hybridized carbons (Fsp3) is 0.625. The third kappa shape index (κ3) is 3.81. The van der Waals surface area contributed by atoms with Gasteiger partial charge in [0, 0.05) is 19.6 Å². The minimum atomic E-state index is 0.00560. The lowest BCUT2D eigenvalue weighted by Gasteiger charge is -2.32. The average Bonchev–Trinajstić information content (AvgIpc) is 3.07. The molecule has 1 saturated heterocycles. The number of aromatic nitrogens is 4. The normalized spacial score (nSPS) is 18.3. The molecule has 8 heteroatoms. The largest absolute Gasteiger partial charge is 0.356 e. The number of carbonyl (C=O) groups is 1. The number of carbonyl (C=O) groups excluding carboxylic acids is 1. The van der Waals surface area contributed by atoms with E-state index in [4.69, 9.17) is 0 Å². The molecule has 0 radical (unpaired) electrons. The van der Waals surface area contributed by atoms with Crippen molar-refractivity contribution < 1.29 is 4.79 Å². The Kier molecular flexibility index (Phi) is 5.24. The van der Waals surface area contributed by atoms with E-state index in [0.717, 1.165) is 50.2 Å². The van der Waals surface area contributed by atoms with Crippen LogP contribution in [0.25, 0.3) is 11.2 Å². The monoisotopic (exact) mass is 331 g/mol. The van der Waals surface area contributed by atoms with E-state index in [1.165, 1.54) is 6.33 Å². The number of fused-ring (bicyclic) bond motifs is 1. The average molecular weight is 331 g/mol. The number of hydrogen-bond acceptors (Lipinski definition) is 6. The molecule has 3 heterocycles. The molecule has 2 aromatic rings. The molecule has 0 saturated carbocycles. The van der Waals surface area contributed by atoms with Gasteiger partial charge < -0.3 is 20.1 Å². The Bertz CT molecular complexity index is 684. The second kappa shape index (κ2) is 7.57. The number of piperidine rings is 1. The van der Waals surface area contributed by atoms with Crippen LogP contribution in [0.15, 0.2) is 12.7 Å². The van der Waals surface area contributed by atoms with Crippen molar-refractivity contribution in [3.8, 4) is 0 Å². The number of anilines is 1. The van der Waals surface area contributed by atoms with Gasteiger partial charge in [0.15, 0.2) is 11.5 Å². The summed E-state index contributed by atoms with van der Waals surface area (Å²) in [7, 11) is 4.08. The van der Waals surface area contributed by atoms with Crippen molar-refractivity contribution in [1.29, 1.82) is 0 Å². The molecule has 24 heavy (non-hydrogen) atoms. The summed E-state index contributed by atoms with van der Waals surface area (Å²) in [5, 5.41) is 3.07. The first-order valence-corrected chi connectivity index (χ1v) is 8.46. The minimum absolute atomic E-state index is 0.00560. The number of aromatic amines is 1. The van der Waals surface area contributed by atoms with Crippen LogP contribution in [0.3, 0.4) is 0 Å². The molecule has 1 aliphatic rings. The molecule has 3 rings (SSSR count). The number of hydrogen-bond donors (Lipinski definition) is 2. The van der Waals surface area contributed by atoms with Crippen LogP contribution in [-0.4, -0.2) is 71.0 Å². The van der Waals surface area contributed by atoms with Crippen molar-refractivity contribution in [1.82, 2.24) is 30.2 Å². The lowest BCUT2D eigenvalue weighted by Crippen LogP contribution is -2.44. The summed E-state index contributed by atoms with van der Waals surface area (Å²) in [6.45, 7) is 3.29. The summed E-state index contributed by atoms with van der Waals surface area (Å²) < 4.78 is 0. The van der Waals surface area contributed by atoms with Crippen LogP contribution in [0.5, 0.6) is 0 Å². The summed E-state index contributed by atoms with van der Waals surface area (Å²) in [5.74, 6) is 0.988. The Morgan fingerprint density at radius 1 is 1.42 bits per heavy atom. The van der Waals surface area contributed by atoms with E-state index in [0.29, 0.717) is 12.2 Å². The van der Waals surface area contributed by atoms with E-state index in [-0.39, 0.29) is 11.8 Å². The first-order chi connectivity index (χ1) is 11.6. The molecule has 0 aromatic carbocycles. The first-order valence-electron chi connectivity index (χ1n) is 8.46. The van der Waals surface area contributed by atoms with Gasteiger partial charge in [-0.3, -0.25) is 4.79 Å². The van der Waals surface area contributed by atoms with Crippen LogP contribution in [-0.2, 0) is 4.79 Å². The van der Waals surface area contributed by atoms with Crippen LogP contribution in [0.4, 0.5) is 5.82 Å². The highest BCUT2D eigenvalue weighted by Gasteiger charge is 2.27. The van der Waals surface area contributed by atoms with Crippen molar-refractivity contribution in [3.05, 3.63) is 12.7 Å². The van der Waals surface area contributed by atoms with E-state index in [9.17, 15) is 4.79 Å². The van der Waals surface area contributed by atoms with Gasteiger partial charge in [-0.25, -0.2) is 15.0 Å². The van der Waals surface area contributed by atoms with Crippen molar-refractivity contribution in [3.63, 3.8) is 0 Å². The zero-order valence-corrected chi connectivity index (χ0v) is 14.3. The van der Waals surface area contributed by atoms with E-state index in [1.54, 1.807) is 6.33 Å². The maximum absolute atomic E-state index is 12.4. The summed E-state index contributed by atoms with van der Waals surface area (Å²) >= 11 is 0. The van der Waals surface area contributed by atoms with Gasteiger partial charge in [-0.2, -0.15) is 0 Å². The highest BCUT2D eigenvalue weighted by atomic mass is 16.1. The van der Waals surface area contributed by atoms with Crippen molar-refractivity contribution in [2.24, 2.45) is 5.92 Å². The summed E-state index contributed by atoms with van der Waals surface area (Å²) in [4.78, 5) is 32.5. The SMILES string of the molecule is CN(C)CCCNC(=O)[C@H]1CCCN(c2ncnc3nc[nH]c23)C1. The number of imidazole rings is 1. The van der Waals surface area contributed by atoms with Crippen molar-refractivity contribution >= 4 is 22.9 Å². The molecule has 0 unspecified atom stereocenters. The summed E-state index contributed by atoms with van der Waals surface area (Å²) in [6, 6.07) is 0. The van der Waals surface area contributed by atoms with Crippen LogP contribution in [0.1, 0.15) is 19.3 Å². The van der Waals surface area contributed by atoms with Gasteiger partial charge >= 0.3 is 0 Å². The molecule has 2 N–H and O–H groups in total. The maximum Gasteiger partial charge on any atom is 0.224 e. The summed E-state index contributed by atoms with van der Waals surface area (Å²) in [5.41, 5.74) is 1.50. The second-order valence-electron chi connectivity index (χ2n) is 6.53. The van der Waals surface area contributed by atoms with Crippen LogP contribution in [0.2, 0.25) is 0 Å². The zero-order chi connectivity index (χ0) is 16.9. The number of amides is 1. The lowest BCUT2D eigenvalue weighted by atomic mass is 9.97. The third-order valence-corrected chi connectivity index (χ3v) is 4.38. The van der Waals surface area contributed by atoms with Gasteiger partial charge in [0.1, 0.15) is 11.8 Å². The quantitative estimate of drug-likeness (QED) is 0.755. The Balaban J connectivity index is 1.60. The Labute approximate surface area is 141 Å². The van der Waals surface area contributed by atoms with E-state index < -0.39 is 0 Å². The number of nitrogens with one attached hydrogen (secondary N) is 2. The molecule has 130 valence electrons. The topological polar surface area (TPSA) is 90.0 Å². The van der Waals surface area contributed by atoms with E-state index in [2.05, 4.69) is 35.1 Å². The Morgan fingerprint density at radius 3 is 3.12 bits per heavy atom. The number of H-pyrrole nitrogens is 1. The van der Waals surface area contributed by atoms with Gasteiger partial charge in [-0.15, -0.1) is 0 Å².